The Morgan fingerprint density at radius 2 is 1.88 bits per heavy atom. The number of aromatic nitrogens is 1. The van der Waals surface area contributed by atoms with E-state index in [1.165, 1.54) is 15.6 Å². The second kappa shape index (κ2) is 9.09. The number of sulfonamides is 1. The highest BCUT2D eigenvalue weighted by atomic mass is 32.2. The van der Waals surface area contributed by atoms with Gasteiger partial charge in [-0.3, -0.25) is 4.79 Å². The lowest BCUT2D eigenvalue weighted by Gasteiger charge is -2.30. The van der Waals surface area contributed by atoms with Gasteiger partial charge in [0.1, 0.15) is 12.4 Å². The first kappa shape index (κ1) is 22.4. The number of carbonyl (C=O) groups is 1. The van der Waals surface area contributed by atoms with E-state index in [0.29, 0.717) is 42.6 Å². The molecule has 3 heterocycles. The largest absolute Gasteiger partial charge is 0.487 e. The molecule has 0 atom stereocenters. The number of para-hydroxylation sites is 1. The van der Waals surface area contributed by atoms with Crippen LogP contribution in [0.25, 0.3) is 11.3 Å². The smallest absolute Gasteiger partial charge is 0.243 e. The van der Waals surface area contributed by atoms with Crippen molar-refractivity contribution in [2.75, 3.05) is 24.7 Å². The molecule has 0 aliphatic carbocycles. The minimum Gasteiger partial charge on any atom is -0.487 e. The number of ether oxygens (including phenoxy) is 1. The molecular weight excluding hydrogens is 478 g/mol. The van der Waals surface area contributed by atoms with Crippen LogP contribution in [0.4, 0.5) is 5.13 Å². The molecule has 0 unspecified atom stereocenters. The summed E-state index contributed by atoms with van der Waals surface area (Å²) in [6.45, 7) is 1.08. The highest BCUT2D eigenvalue weighted by molar-refractivity contribution is 7.98. The Hall–Kier alpha value is -2.40. The number of carbonyl (C=O) groups excluding carboxylic acids is 1. The molecule has 2 aliphatic heterocycles. The van der Waals surface area contributed by atoms with E-state index in [4.69, 9.17) is 4.74 Å². The van der Waals surface area contributed by atoms with E-state index in [1.807, 2.05) is 42.7 Å². The molecule has 1 saturated heterocycles. The zero-order valence-electron chi connectivity index (χ0n) is 18.0. The van der Waals surface area contributed by atoms with Crippen LogP contribution in [0, 0.1) is 5.92 Å². The fourth-order valence-corrected chi connectivity index (χ4v) is 6.88. The summed E-state index contributed by atoms with van der Waals surface area (Å²) in [5.74, 6) is 0.432. The van der Waals surface area contributed by atoms with Crippen molar-refractivity contribution >= 4 is 44.2 Å². The van der Waals surface area contributed by atoms with Gasteiger partial charge in [-0.25, -0.2) is 13.4 Å². The molecule has 1 fully saturated rings. The molecule has 0 saturated carbocycles. The predicted molar refractivity (Wildman–Crippen MR) is 130 cm³/mol. The number of benzene rings is 2. The molecule has 1 amide bonds. The second-order valence-corrected chi connectivity index (χ2v) is 11.8. The summed E-state index contributed by atoms with van der Waals surface area (Å²) in [6, 6.07) is 14.7. The molecule has 1 aromatic heterocycles. The molecule has 1 N–H and O–H groups in total. The van der Waals surface area contributed by atoms with Gasteiger partial charge in [0.05, 0.1) is 15.5 Å². The topological polar surface area (TPSA) is 88.6 Å². The summed E-state index contributed by atoms with van der Waals surface area (Å²) in [6.07, 6.45) is 2.91. The Labute approximate surface area is 201 Å². The summed E-state index contributed by atoms with van der Waals surface area (Å²) in [4.78, 5) is 19.8. The molecule has 172 valence electrons. The summed E-state index contributed by atoms with van der Waals surface area (Å²) in [5.41, 5.74) is 1.78. The summed E-state index contributed by atoms with van der Waals surface area (Å²) >= 11 is 2.99. The fraction of sp³-hybridized carbons (Fsp3) is 0.304. The predicted octanol–water partition coefficient (Wildman–Crippen LogP) is 4.46. The monoisotopic (exact) mass is 501 g/mol. The summed E-state index contributed by atoms with van der Waals surface area (Å²) in [5, 5.41) is 3.49. The van der Waals surface area contributed by atoms with Crippen LogP contribution in [0.5, 0.6) is 5.75 Å². The number of nitrogens with zero attached hydrogens (tertiary/aromatic N) is 2. The number of thioether (sulfide) groups is 1. The van der Waals surface area contributed by atoms with Crippen molar-refractivity contribution in [3.8, 4) is 17.0 Å². The number of anilines is 1. The first-order valence-corrected chi connectivity index (χ1v) is 14.1. The second-order valence-electron chi connectivity index (χ2n) is 7.92. The lowest BCUT2D eigenvalue weighted by atomic mass is 9.97. The maximum absolute atomic E-state index is 13.0. The van der Waals surface area contributed by atoms with Crippen molar-refractivity contribution in [3.05, 3.63) is 53.4 Å². The molecule has 0 spiro atoms. The zero-order chi connectivity index (χ0) is 23.0. The van der Waals surface area contributed by atoms with Crippen molar-refractivity contribution in [2.24, 2.45) is 5.92 Å². The average molecular weight is 502 g/mol. The minimum absolute atomic E-state index is 0.114. The summed E-state index contributed by atoms with van der Waals surface area (Å²) < 4.78 is 33.2. The first-order chi connectivity index (χ1) is 16.0. The van der Waals surface area contributed by atoms with E-state index in [9.17, 15) is 13.2 Å². The number of piperidine rings is 1. The van der Waals surface area contributed by atoms with Crippen LogP contribution in [0.1, 0.15) is 17.7 Å². The third-order valence-corrected chi connectivity index (χ3v) is 9.55. The highest BCUT2D eigenvalue weighted by Crippen LogP contribution is 2.40. The lowest BCUT2D eigenvalue weighted by Crippen LogP contribution is -2.41. The highest BCUT2D eigenvalue weighted by Gasteiger charge is 2.32. The Balaban J connectivity index is 1.22. The Kier molecular flexibility index (Phi) is 6.17. The number of fused-ring (bicyclic) bond motifs is 3. The Bertz CT molecular complexity index is 1280. The van der Waals surface area contributed by atoms with Gasteiger partial charge in [0.2, 0.25) is 15.9 Å². The molecule has 2 aromatic carbocycles. The van der Waals surface area contributed by atoms with Gasteiger partial charge in [0.25, 0.3) is 0 Å². The molecule has 5 rings (SSSR count). The number of hydrogen-bond donors (Lipinski definition) is 1. The van der Waals surface area contributed by atoms with Crippen molar-refractivity contribution in [2.45, 2.75) is 29.2 Å². The van der Waals surface area contributed by atoms with Crippen molar-refractivity contribution < 1.29 is 17.9 Å². The lowest BCUT2D eigenvalue weighted by molar-refractivity contribution is -0.120. The number of hydrogen-bond acceptors (Lipinski definition) is 7. The van der Waals surface area contributed by atoms with Gasteiger partial charge < -0.3 is 10.1 Å². The normalized spacial score (nSPS) is 16.5. The van der Waals surface area contributed by atoms with Gasteiger partial charge in [-0.1, -0.05) is 23.5 Å². The van der Waals surface area contributed by atoms with E-state index in [-0.39, 0.29) is 11.8 Å². The Morgan fingerprint density at radius 1 is 1.15 bits per heavy atom. The van der Waals surface area contributed by atoms with E-state index in [2.05, 4.69) is 10.3 Å². The number of thiazole rings is 1. The molecule has 0 bridgehead atoms. The molecule has 0 radical (unpaired) electrons. The van der Waals surface area contributed by atoms with Crippen molar-refractivity contribution in [1.29, 1.82) is 0 Å². The molecular formula is C23H23N3O4S3. The van der Waals surface area contributed by atoms with Gasteiger partial charge >= 0.3 is 0 Å². The quantitative estimate of drug-likeness (QED) is 0.519. The third-order valence-electron chi connectivity index (χ3n) is 5.95. The number of rotatable bonds is 5. The van der Waals surface area contributed by atoms with Crippen LogP contribution in [0.3, 0.4) is 0 Å². The van der Waals surface area contributed by atoms with Gasteiger partial charge in [0, 0.05) is 29.5 Å². The van der Waals surface area contributed by atoms with Gasteiger partial charge in [0.15, 0.2) is 5.13 Å². The van der Waals surface area contributed by atoms with Gasteiger partial charge in [-0.15, -0.1) is 11.8 Å². The number of nitrogens with one attached hydrogen (secondary N) is 1. The Morgan fingerprint density at radius 3 is 2.61 bits per heavy atom. The zero-order valence-corrected chi connectivity index (χ0v) is 20.4. The van der Waals surface area contributed by atoms with E-state index >= 15 is 0 Å². The molecule has 3 aromatic rings. The average Bonchev–Trinajstić information content (AvgIpc) is 3.27. The van der Waals surface area contributed by atoms with Crippen LogP contribution in [-0.4, -0.2) is 43.0 Å². The fourth-order valence-electron chi connectivity index (χ4n) is 4.11. The van der Waals surface area contributed by atoms with Crippen molar-refractivity contribution in [1.82, 2.24) is 9.29 Å². The van der Waals surface area contributed by atoms with Crippen LogP contribution in [-0.2, 0) is 21.4 Å². The van der Waals surface area contributed by atoms with E-state index in [1.54, 1.807) is 23.9 Å². The molecule has 7 nitrogen and oxygen atoms in total. The van der Waals surface area contributed by atoms with Crippen LogP contribution in [0.15, 0.2) is 58.3 Å². The van der Waals surface area contributed by atoms with Crippen molar-refractivity contribution in [3.63, 3.8) is 0 Å². The minimum atomic E-state index is -3.56. The maximum Gasteiger partial charge on any atom is 0.243 e. The van der Waals surface area contributed by atoms with Gasteiger partial charge in [-0.05, 0) is 55.5 Å². The third kappa shape index (κ3) is 4.40. The molecule has 33 heavy (non-hydrogen) atoms. The SMILES string of the molecule is CSc1ccc(S(=O)(=O)N2CCC(C(=O)Nc3nc4c(s3)COc3ccccc3-4)CC2)cc1. The first-order valence-electron chi connectivity index (χ1n) is 10.6. The maximum atomic E-state index is 13.0. The van der Waals surface area contributed by atoms with E-state index in [0.717, 1.165) is 26.8 Å². The van der Waals surface area contributed by atoms with Crippen LogP contribution < -0.4 is 10.1 Å². The standard InChI is InChI=1S/C23H23N3O4S3/c1-31-16-6-8-17(9-7-16)33(28,29)26-12-10-15(11-13-26)22(27)25-23-24-21-18-4-2-3-5-19(18)30-14-20(21)32-23/h2-9,15H,10-14H2,1H3,(H,24,25,27). The number of amides is 1. The molecule has 2 aliphatic rings. The summed E-state index contributed by atoms with van der Waals surface area (Å²) in [7, 11) is -3.56. The molecule has 10 heteroatoms. The van der Waals surface area contributed by atoms with Gasteiger partial charge in [-0.2, -0.15) is 4.31 Å². The van der Waals surface area contributed by atoms with Crippen LogP contribution in [0.2, 0.25) is 0 Å². The van der Waals surface area contributed by atoms with Crippen LogP contribution >= 0.6 is 23.1 Å². The van der Waals surface area contributed by atoms with E-state index < -0.39 is 10.0 Å².